The second kappa shape index (κ2) is 8.39. The van der Waals surface area contributed by atoms with Gasteiger partial charge in [-0.3, -0.25) is 9.69 Å². The van der Waals surface area contributed by atoms with Crippen LogP contribution in [0.5, 0.6) is 0 Å². The molecule has 0 spiro atoms. The first kappa shape index (κ1) is 19.0. The zero-order valence-electron chi connectivity index (χ0n) is 17.2. The molecular weight excluding hydrogens is 378 g/mol. The van der Waals surface area contributed by atoms with Crippen molar-refractivity contribution in [2.24, 2.45) is 0 Å². The van der Waals surface area contributed by atoms with E-state index in [4.69, 9.17) is 0 Å². The SMILES string of the molecule is O=C(c1ccn(-c2ccccc2)n1)N1CCN(Cc2nnc3n2CCCCC3)CC1. The number of aryl methyl sites for hydroxylation is 1. The average Bonchev–Trinajstić information content (AvgIpc) is 3.36. The Labute approximate surface area is 176 Å². The minimum Gasteiger partial charge on any atom is -0.335 e. The van der Waals surface area contributed by atoms with Crippen molar-refractivity contribution >= 4 is 5.91 Å². The van der Waals surface area contributed by atoms with E-state index >= 15 is 0 Å². The number of carbonyl (C=O) groups is 1. The molecule has 30 heavy (non-hydrogen) atoms. The summed E-state index contributed by atoms with van der Waals surface area (Å²) in [7, 11) is 0. The molecule has 8 heteroatoms. The minimum atomic E-state index is 0.000626. The molecule has 0 bridgehead atoms. The van der Waals surface area contributed by atoms with Gasteiger partial charge in [-0.25, -0.2) is 4.68 Å². The molecule has 2 aromatic heterocycles. The zero-order chi connectivity index (χ0) is 20.3. The van der Waals surface area contributed by atoms with Gasteiger partial charge in [-0.15, -0.1) is 10.2 Å². The number of rotatable bonds is 4. The third-order valence-electron chi connectivity index (χ3n) is 6.04. The van der Waals surface area contributed by atoms with E-state index in [9.17, 15) is 4.79 Å². The monoisotopic (exact) mass is 405 g/mol. The second-order valence-electron chi connectivity index (χ2n) is 8.04. The van der Waals surface area contributed by atoms with Crippen LogP contribution in [0.2, 0.25) is 0 Å². The first-order valence-electron chi connectivity index (χ1n) is 10.8. The predicted molar refractivity (Wildman–Crippen MR) is 112 cm³/mol. The first-order chi connectivity index (χ1) is 14.8. The summed E-state index contributed by atoms with van der Waals surface area (Å²) in [6, 6.07) is 11.6. The molecule has 0 aliphatic carbocycles. The molecule has 0 radical (unpaired) electrons. The van der Waals surface area contributed by atoms with Crippen LogP contribution in [0.1, 0.15) is 41.4 Å². The second-order valence-corrected chi connectivity index (χ2v) is 8.04. The quantitative estimate of drug-likeness (QED) is 0.665. The number of para-hydroxylation sites is 1. The van der Waals surface area contributed by atoms with Crippen molar-refractivity contribution in [3.8, 4) is 5.69 Å². The Bertz CT molecular complexity index is 1000. The van der Waals surface area contributed by atoms with Gasteiger partial charge >= 0.3 is 0 Å². The van der Waals surface area contributed by atoms with E-state index in [1.54, 1.807) is 10.7 Å². The van der Waals surface area contributed by atoms with Crippen molar-refractivity contribution in [1.82, 2.24) is 34.3 Å². The van der Waals surface area contributed by atoms with Crippen LogP contribution < -0.4 is 0 Å². The summed E-state index contributed by atoms with van der Waals surface area (Å²) in [6.07, 6.45) is 6.55. The van der Waals surface area contributed by atoms with Gasteiger partial charge < -0.3 is 9.47 Å². The van der Waals surface area contributed by atoms with Crippen LogP contribution in [0.4, 0.5) is 0 Å². The van der Waals surface area contributed by atoms with Crippen molar-refractivity contribution in [2.75, 3.05) is 26.2 Å². The van der Waals surface area contributed by atoms with Gasteiger partial charge in [0.15, 0.2) is 5.69 Å². The lowest BCUT2D eigenvalue weighted by Gasteiger charge is -2.34. The number of benzene rings is 1. The molecule has 1 amide bonds. The Morgan fingerprint density at radius 2 is 1.73 bits per heavy atom. The zero-order valence-corrected chi connectivity index (χ0v) is 17.2. The topological polar surface area (TPSA) is 72.1 Å². The highest BCUT2D eigenvalue weighted by molar-refractivity contribution is 5.92. The summed E-state index contributed by atoms with van der Waals surface area (Å²) in [4.78, 5) is 17.2. The smallest absolute Gasteiger partial charge is 0.274 e. The van der Waals surface area contributed by atoms with Gasteiger partial charge in [-0.1, -0.05) is 24.6 Å². The van der Waals surface area contributed by atoms with E-state index in [2.05, 4.69) is 24.8 Å². The minimum absolute atomic E-state index is 0.000626. The molecule has 0 saturated carbocycles. The van der Waals surface area contributed by atoms with Gasteiger partial charge in [0.25, 0.3) is 5.91 Å². The van der Waals surface area contributed by atoms with E-state index in [0.717, 1.165) is 49.9 Å². The fraction of sp³-hybridized carbons (Fsp3) is 0.455. The van der Waals surface area contributed by atoms with Crippen molar-refractivity contribution in [3.05, 3.63) is 59.9 Å². The van der Waals surface area contributed by atoms with Gasteiger partial charge in [0.2, 0.25) is 0 Å². The molecule has 0 atom stereocenters. The number of carbonyl (C=O) groups excluding carboxylic acids is 1. The Hall–Kier alpha value is -3.00. The molecular formula is C22H27N7O. The number of piperazine rings is 1. The summed E-state index contributed by atoms with van der Waals surface area (Å²) in [5.74, 6) is 2.19. The summed E-state index contributed by atoms with van der Waals surface area (Å²) in [6.45, 7) is 4.93. The van der Waals surface area contributed by atoms with Crippen molar-refractivity contribution in [1.29, 1.82) is 0 Å². The van der Waals surface area contributed by atoms with Gasteiger partial charge in [0.05, 0.1) is 12.2 Å². The van der Waals surface area contributed by atoms with Crippen molar-refractivity contribution in [2.45, 2.75) is 38.8 Å². The number of hydrogen-bond acceptors (Lipinski definition) is 5. The third-order valence-corrected chi connectivity index (χ3v) is 6.04. The molecule has 0 N–H and O–H groups in total. The van der Waals surface area contributed by atoms with E-state index in [0.29, 0.717) is 18.8 Å². The fourth-order valence-electron chi connectivity index (χ4n) is 4.30. The van der Waals surface area contributed by atoms with Crippen LogP contribution in [0.3, 0.4) is 0 Å². The molecule has 0 unspecified atom stereocenters. The van der Waals surface area contributed by atoms with Gasteiger partial charge in [0.1, 0.15) is 11.6 Å². The molecule has 1 saturated heterocycles. The standard InChI is InChI=1S/C22H27N7O/c30-22(19-10-12-29(25-19)18-7-3-1-4-8-18)27-15-13-26(14-16-27)17-21-24-23-20-9-5-2-6-11-28(20)21/h1,3-4,7-8,10,12H,2,5-6,9,11,13-17H2. The lowest BCUT2D eigenvalue weighted by molar-refractivity contribution is 0.0617. The molecule has 156 valence electrons. The predicted octanol–water partition coefficient (Wildman–Crippen LogP) is 2.15. The van der Waals surface area contributed by atoms with E-state index in [1.165, 1.54) is 19.3 Å². The Morgan fingerprint density at radius 3 is 2.57 bits per heavy atom. The molecule has 1 fully saturated rings. The van der Waals surface area contributed by atoms with Gasteiger partial charge in [-0.05, 0) is 31.0 Å². The average molecular weight is 406 g/mol. The lowest BCUT2D eigenvalue weighted by Crippen LogP contribution is -2.48. The Balaban J connectivity index is 1.19. The van der Waals surface area contributed by atoms with E-state index < -0.39 is 0 Å². The molecule has 4 heterocycles. The summed E-state index contributed by atoms with van der Waals surface area (Å²) >= 11 is 0. The first-order valence-corrected chi connectivity index (χ1v) is 10.8. The van der Waals surface area contributed by atoms with Gasteiger partial charge in [0, 0.05) is 45.3 Å². The Morgan fingerprint density at radius 1 is 0.900 bits per heavy atom. The van der Waals surface area contributed by atoms with Crippen LogP contribution in [0, 0.1) is 0 Å². The van der Waals surface area contributed by atoms with Gasteiger partial charge in [-0.2, -0.15) is 5.10 Å². The number of fused-ring (bicyclic) bond motifs is 1. The highest BCUT2D eigenvalue weighted by atomic mass is 16.2. The largest absolute Gasteiger partial charge is 0.335 e. The van der Waals surface area contributed by atoms with Crippen LogP contribution >= 0.6 is 0 Å². The van der Waals surface area contributed by atoms with Crippen LogP contribution in [-0.2, 0) is 19.5 Å². The van der Waals surface area contributed by atoms with Crippen molar-refractivity contribution in [3.63, 3.8) is 0 Å². The molecule has 3 aromatic rings. The molecule has 8 nitrogen and oxygen atoms in total. The molecule has 2 aliphatic heterocycles. The third kappa shape index (κ3) is 3.87. The molecule has 1 aromatic carbocycles. The number of amides is 1. The van der Waals surface area contributed by atoms with Crippen LogP contribution in [0.15, 0.2) is 42.6 Å². The van der Waals surface area contributed by atoms with Crippen LogP contribution in [-0.4, -0.2) is 66.4 Å². The maximum absolute atomic E-state index is 12.9. The number of nitrogens with zero attached hydrogens (tertiary/aromatic N) is 7. The van der Waals surface area contributed by atoms with Crippen LogP contribution in [0.25, 0.3) is 5.69 Å². The Kier molecular flexibility index (Phi) is 5.31. The van der Waals surface area contributed by atoms with Crippen molar-refractivity contribution < 1.29 is 4.79 Å². The summed E-state index contributed by atoms with van der Waals surface area (Å²) in [5.41, 5.74) is 1.45. The highest BCUT2D eigenvalue weighted by Gasteiger charge is 2.25. The molecule has 2 aliphatic rings. The maximum Gasteiger partial charge on any atom is 0.274 e. The highest BCUT2D eigenvalue weighted by Crippen LogP contribution is 2.17. The van der Waals surface area contributed by atoms with E-state index in [-0.39, 0.29) is 5.91 Å². The lowest BCUT2D eigenvalue weighted by atomic mass is 10.2. The summed E-state index contributed by atoms with van der Waals surface area (Å²) < 4.78 is 4.06. The molecule has 5 rings (SSSR count). The number of hydrogen-bond donors (Lipinski definition) is 0. The maximum atomic E-state index is 12.9. The summed E-state index contributed by atoms with van der Waals surface area (Å²) in [5, 5.41) is 13.3. The normalized spacial score (nSPS) is 17.5. The van der Waals surface area contributed by atoms with E-state index in [1.807, 2.05) is 41.4 Å². The fourth-order valence-corrected chi connectivity index (χ4v) is 4.30. The number of aromatic nitrogens is 5.